The van der Waals surface area contributed by atoms with Crippen LogP contribution in [0.2, 0.25) is 5.02 Å². The largest absolute Gasteiger partial charge is 0.391 e. The Bertz CT molecular complexity index is 616. The summed E-state index contributed by atoms with van der Waals surface area (Å²) in [6.45, 7) is 3.04. The molecule has 2 aromatic rings. The summed E-state index contributed by atoms with van der Waals surface area (Å²) in [6, 6.07) is 5.74. The molecule has 2 unspecified atom stereocenters. The van der Waals surface area contributed by atoms with E-state index in [2.05, 4.69) is 20.2 Å². The second kappa shape index (κ2) is 6.94. The van der Waals surface area contributed by atoms with Crippen LogP contribution in [-0.2, 0) is 13.6 Å². The van der Waals surface area contributed by atoms with Crippen molar-refractivity contribution >= 4 is 35.0 Å². The molecule has 0 bridgehead atoms. The van der Waals surface area contributed by atoms with Crippen molar-refractivity contribution in [2.45, 2.75) is 12.6 Å². The number of benzene rings is 1. The first-order valence-corrected chi connectivity index (χ1v) is 7.23. The van der Waals surface area contributed by atoms with Crippen molar-refractivity contribution in [2.24, 2.45) is 13.0 Å². The molecule has 3 N–H and O–H groups in total. The Morgan fingerprint density at radius 1 is 1.48 bits per heavy atom. The lowest BCUT2D eigenvalue weighted by Crippen LogP contribution is -2.30. The van der Waals surface area contributed by atoms with Crippen LogP contribution in [0, 0.1) is 5.92 Å². The second-order valence-electron chi connectivity index (χ2n) is 5.34. The van der Waals surface area contributed by atoms with Gasteiger partial charge in [0.15, 0.2) is 0 Å². The van der Waals surface area contributed by atoms with Crippen LogP contribution < -0.4 is 10.6 Å². The molecule has 116 valence electrons. The number of aliphatic hydroxyl groups is 1. The third kappa shape index (κ3) is 3.49. The summed E-state index contributed by atoms with van der Waals surface area (Å²) >= 11 is 5.99. The summed E-state index contributed by atoms with van der Waals surface area (Å²) in [5.74, 6) is 1.25. The Balaban J connectivity index is 0.00000161. The van der Waals surface area contributed by atoms with Crippen molar-refractivity contribution in [1.82, 2.24) is 20.2 Å². The maximum atomic E-state index is 9.75. The number of rotatable bonds is 4. The summed E-state index contributed by atoms with van der Waals surface area (Å²) < 4.78 is 2.07. The number of fused-ring (bicyclic) bond motifs is 1. The Morgan fingerprint density at radius 2 is 2.29 bits per heavy atom. The van der Waals surface area contributed by atoms with E-state index in [0.29, 0.717) is 18.1 Å². The number of aromatic nitrogens is 2. The first-order valence-electron chi connectivity index (χ1n) is 6.85. The van der Waals surface area contributed by atoms with E-state index in [9.17, 15) is 5.11 Å². The Hall–Kier alpha value is -0.850. The third-order valence-electron chi connectivity index (χ3n) is 3.93. The number of aliphatic hydroxyl groups excluding tert-OH is 1. The highest BCUT2D eigenvalue weighted by Crippen LogP contribution is 2.19. The van der Waals surface area contributed by atoms with Crippen LogP contribution in [-0.4, -0.2) is 40.4 Å². The minimum Gasteiger partial charge on any atom is -0.391 e. The number of nitrogens with zero attached hydrogens (tertiary/aromatic N) is 2. The van der Waals surface area contributed by atoms with Crippen LogP contribution in [0.1, 0.15) is 5.82 Å². The number of aryl methyl sites for hydroxylation is 1. The Morgan fingerprint density at radius 3 is 3.00 bits per heavy atom. The molecule has 5 nitrogen and oxygen atoms in total. The molecule has 3 rings (SSSR count). The van der Waals surface area contributed by atoms with E-state index < -0.39 is 0 Å². The predicted octanol–water partition coefficient (Wildman–Crippen LogP) is 1.32. The van der Waals surface area contributed by atoms with Gasteiger partial charge < -0.3 is 20.3 Å². The van der Waals surface area contributed by atoms with Gasteiger partial charge in [-0.25, -0.2) is 4.98 Å². The number of halogens is 2. The van der Waals surface area contributed by atoms with E-state index in [4.69, 9.17) is 11.6 Å². The van der Waals surface area contributed by atoms with Gasteiger partial charge in [0.1, 0.15) is 5.82 Å². The first-order chi connectivity index (χ1) is 9.65. The fraction of sp³-hybridized carbons (Fsp3) is 0.500. The van der Waals surface area contributed by atoms with Crippen LogP contribution in [0.15, 0.2) is 18.2 Å². The van der Waals surface area contributed by atoms with Gasteiger partial charge in [-0.2, -0.15) is 0 Å². The lowest BCUT2D eigenvalue weighted by molar-refractivity contribution is 0.146. The SMILES string of the molecule is Cl.Cn1c(CNCC2CNCC2O)nc2cc(Cl)ccc21. The van der Waals surface area contributed by atoms with Crippen molar-refractivity contribution < 1.29 is 5.11 Å². The van der Waals surface area contributed by atoms with Gasteiger partial charge in [0.25, 0.3) is 0 Å². The minimum absolute atomic E-state index is 0. The zero-order valence-corrected chi connectivity index (χ0v) is 13.4. The number of imidazole rings is 1. The van der Waals surface area contributed by atoms with E-state index >= 15 is 0 Å². The molecule has 1 aromatic carbocycles. The highest BCUT2D eigenvalue weighted by Gasteiger charge is 2.24. The van der Waals surface area contributed by atoms with E-state index in [-0.39, 0.29) is 24.4 Å². The molecule has 0 spiro atoms. The molecule has 0 saturated carbocycles. The number of hydrogen-bond acceptors (Lipinski definition) is 4. The summed E-state index contributed by atoms with van der Waals surface area (Å²) in [5.41, 5.74) is 1.99. The molecule has 0 amide bonds. The van der Waals surface area contributed by atoms with Gasteiger partial charge in [-0.1, -0.05) is 11.6 Å². The number of β-amino-alcohol motifs (C(OH)–C–C–N with tert-alkyl or cyclic N) is 1. The van der Waals surface area contributed by atoms with E-state index in [1.165, 1.54) is 0 Å². The molecule has 1 aliphatic rings. The van der Waals surface area contributed by atoms with Crippen LogP contribution in [0.3, 0.4) is 0 Å². The maximum Gasteiger partial charge on any atom is 0.123 e. The molecule has 2 atom stereocenters. The van der Waals surface area contributed by atoms with Gasteiger partial charge in [0.05, 0.1) is 23.7 Å². The molecular formula is C14H20Cl2N4O. The molecule has 1 aromatic heterocycles. The van der Waals surface area contributed by atoms with Gasteiger partial charge in [0, 0.05) is 37.6 Å². The lowest BCUT2D eigenvalue weighted by atomic mass is 10.1. The first kappa shape index (κ1) is 16.5. The van der Waals surface area contributed by atoms with Crippen LogP contribution in [0.25, 0.3) is 11.0 Å². The van der Waals surface area contributed by atoms with Gasteiger partial charge in [-0.05, 0) is 18.2 Å². The second-order valence-corrected chi connectivity index (χ2v) is 5.77. The van der Waals surface area contributed by atoms with E-state index in [1.807, 2.05) is 25.2 Å². The Kier molecular flexibility index (Phi) is 5.46. The normalized spacial score (nSPS) is 21.7. The molecule has 0 aliphatic carbocycles. The summed E-state index contributed by atoms with van der Waals surface area (Å²) in [4.78, 5) is 4.59. The quantitative estimate of drug-likeness (QED) is 0.791. The third-order valence-corrected chi connectivity index (χ3v) is 4.16. The summed E-state index contributed by atoms with van der Waals surface area (Å²) in [5, 5.41) is 17.0. The molecule has 0 radical (unpaired) electrons. The van der Waals surface area contributed by atoms with Crippen molar-refractivity contribution in [1.29, 1.82) is 0 Å². The van der Waals surface area contributed by atoms with Gasteiger partial charge >= 0.3 is 0 Å². The predicted molar refractivity (Wildman–Crippen MR) is 87.0 cm³/mol. The van der Waals surface area contributed by atoms with Gasteiger partial charge in [-0.15, -0.1) is 12.4 Å². The van der Waals surface area contributed by atoms with Gasteiger partial charge in [-0.3, -0.25) is 0 Å². The van der Waals surface area contributed by atoms with Crippen molar-refractivity contribution in [2.75, 3.05) is 19.6 Å². The van der Waals surface area contributed by atoms with E-state index in [0.717, 1.165) is 29.9 Å². The molecular weight excluding hydrogens is 311 g/mol. The Labute approximate surface area is 135 Å². The van der Waals surface area contributed by atoms with Crippen molar-refractivity contribution in [3.05, 3.63) is 29.0 Å². The zero-order valence-electron chi connectivity index (χ0n) is 11.8. The lowest BCUT2D eigenvalue weighted by Gasteiger charge is -2.13. The molecule has 21 heavy (non-hydrogen) atoms. The molecule has 7 heteroatoms. The smallest absolute Gasteiger partial charge is 0.123 e. The monoisotopic (exact) mass is 330 g/mol. The average molecular weight is 331 g/mol. The highest BCUT2D eigenvalue weighted by molar-refractivity contribution is 6.31. The summed E-state index contributed by atoms with van der Waals surface area (Å²) in [7, 11) is 2.01. The van der Waals surface area contributed by atoms with E-state index in [1.54, 1.807) is 0 Å². The van der Waals surface area contributed by atoms with Crippen molar-refractivity contribution in [3.8, 4) is 0 Å². The van der Waals surface area contributed by atoms with Gasteiger partial charge in [0.2, 0.25) is 0 Å². The van der Waals surface area contributed by atoms with Crippen LogP contribution >= 0.6 is 24.0 Å². The number of hydrogen-bond donors (Lipinski definition) is 3. The summed E-state index contributed by atoms with van der Waals surface area (Å²) in [6.07, 6.45) is -0.248. The fourth-order valence-corrected chi connectivity index (χ4v) is 2.84. The average Bonchev–Trinajstić information content (AvgIpc) is 2.95. The topological polar surface area (TPSA) is 62.1 Å². The van der Waals surface area contributed by atoms with Crippen LogP contribution in [0.5, 0.6) is 0 Å². The molecule has 1 fully saturated rings. The molecule has 1 aliphatic heterocycles. The maximum absolute atomic E-state index is 9.75. The number of nitrogens with one attached hydrogen (secondary N) is 2. The minimum atomic E-state index is -0.248. The highest BCUT2D eigenvalue weighted by atomic mass is 35.5. The standard InChI is InChI=1S/C14H19ClN4O.ClH/c1-19-12-3-2-10(15)4-11(12)18-14(19)8-17-6-9-5-16-7-13(9)20;/h2-4,9,13,16-17,20H,5-8H2,1H3;1H. The van der Waals surface area contributed by atoms with Crippen molar-refractivity contribution in [3.63, 3.8) is 0 Å². The van der Waals surface area contributed by atoms with Crippen LogP contribution in [0.4, 0.5) is 0 Å². The zero-order chi connectivity index (χ0) is 14.1. The fourth-order valence-electron chi connectivity index (χ4n) is 2.68. The molecule has 1 saturated heterocycles. The molecule has 2 heterocycles.